The highest BCUT2D eigenvalue weighted by Crippen LogP contribution is 2.28. The third kappa shape index (κ3) is 4.00. The first-order valence-electron chi connectivity index (χ1n) is 7.69. The standard InChI is InChI=1S/C17H23NO4/c1-11-4-3-5-13(8-11)16(19)18-10-12-6-7-15(22-2)14(9-12)17(20)21/h6-7,9,11,13H,3-5,8,10H2,1-2H3,(H,18,19)(H,20,21)/t11-,13+/m1/s1. The zero-order chi connectivity index (χ0) is 16.1. The molecule has 2 rings (SSSR count). The van der Waals surface area contributed by atoms with Crippen LogP contribution < -0.4 is 10.1 Å². The van der Waals surface area contributed by atoms with Gasteiger partial charge in [0, 0.05) is 12.5 Å². The quantitative estimate of drug-likeness (QED) is 0.877. The predicted molar refractivity (Wildman–Crippen MR) is 82.9 cm³/mol. The Morgan fingerprint density at radius 1 is 1.36 bits per heavy atom. The second-order valence-corrected chi connectivity index (χ2v) is 6.03. The molecule has 0 unspecified atom stereocenters. The number of carbonyl (C=O) groups excluding carboxylic acids is 1. The third-order valence-corrected chi connectivity index (χ3v) is 4.27. The van der Waals surface area contributed by atoms with Crippen molar-refractivity contribution in [2.75, 3.05) is 7.11 Å². The van der Waals surface area contributed by atoms with Crippen LogP contribution in [0.25, 0.3) is 0 Å². The van der Waals surface area contributed by atoms with Crippen LogP contribution in [0.2, 0.25) is 0 Å². The van der Waals surface area contributed by atoms with Gasteiger partial charge in [-0.1, -0.05) is 25.8 Å². The molecule has 1 fully saturated rings. The maximum absolute atomic E-state index is 12.2. The molecular weight excluding hydrogens is 282 g/mol. The van der Waals surface area contributed by atoms with Crippen molar-refractivity contribution in [3.8, 4) is 5.75 Å². The van der Waals surface area contributed by atoms with Crippen molar-refractivity contribution >= 4 is 11.9 Å². The fourth-order valence-electron chi connectivity index (χ4n) is 3.04. The average Bonchev–Trinajstić information content (AvgIpc) is 2.52. The number of ether oxygens (including phenoxy) is 1. The lowest BCUT2D eigenvalue weighted by Gasteiger charge is -2.25. The van der Waals surface area contributed by atoms with E-state index < -0.39 is 5.97 Å². The first-order valence-corrected chi connectivity index (χ1v) is 7.69. The van der Waals surface area contributed by atoms with E-state index in [1.807, 2.05) is 0 Å². The van der Waals surface area contributed by atoms with Gasteiger partial charge in [0.2, 0.25) is 5.91 Å². The highest BCUT2D eigenvalue weighted by Gasteiger charge is 2.24. The molecule has 0 spiro atoms. The lowest BCUT2D eigenvalue weighted by atomic mass is 9.82. The Hall–Kier alpha value is -2.04. The Balaban J connectivity index is 1.97. The van der Waals surface area contributed by atoms with Gasteiger partial charge in [-0.25, -0.2) is 4.79 Å². The Morgan fingerprint density at radius 2 is 2.14 bits per heavy atom. The molecule has 0 aromatic heterocycles. The smallest absolute Gasteiger partial charge is 0.339 e. The van der Waals surface area contributed by atoms with Crippen LogP contribution in [0.5, 0.6) is 5.75 Å². The summed E-state index contributed by atoms with van der Waals surface area (Å²) in [4.78, 5) is 23.4. The van der Waals surface area contributed by atoms with E-state index in [0.717, 1.165) is 24.8 Å². The molecule has 1 aliphatic carbocycles. The number of carboxylic acid groups (broad SMARTS) is 1. The van der Waals surface area contributed by atoms with Crippen molar-refractivity contribution in [2.24, 2.45) is 11.8 Å². The summed E-state index contributed by atoms with van der Waals surface area (Å²) >= 11 is 0. The van der Waals surface area contributed by atoms with Gasteiger partial charge in [-0.15, -0.1) is 0 Å². The number of amides is 1. The Bertz CT molecular complexity index is 556. The van der Waals surface area contributed by atoms with Gasteiger partial charge in [-0.3, -0.25) is 4.79 Å². The summed E-state index contributed by atoms with van der Waals surface area (Å²) in [5.41, 5.74) is 0.871. The van der Waals surface area contributed by atoms with E-state index >= 15 is 0 Å². The Labute approximate surface area is 130 Å². The molecule has 1 saturated carbocycles. The van der Waals surface area contributed by atoms with E-state index in [2.05, 4.69) is 12.2 Å². The van der Waals surface area contributed by atoms with Crippen LogP contribution in [0.15, 0.2) is 18.2 Å². The molecule has 1 aromatic rings. The number of hydrogen-bond donors (Lipinski definition) is 2. The topological polar surface area (TPSA) is 75.6 Å². The highest BCUT2D eigenvalue weighted by atomic mass is 16.5. The first-order chi connectivity index (χ1) is 10.5. The minimum Gasteiger partial charge on any atom is -0.496 e. The number of benzene rings is 1. The Kier molecular flexibility index (Phi) is 5.41. The van der Waals surface area contributed by atoms with Gasteiger partial charge in [0.25, 0.3) is 0 Å². The van der Waals surface area contributed by atoms with Crippen LogP contribution in [0.4, 0.5) is 0 Å². The van der Waals surface area contributed by atoms with E-state index in [-0.39, 0.29) is 17.4 Å². The molecule has 0 bridgehead atoms. The fraction of sp³-hybridized carbons (Fsp3) is 0.529. The maximum Gasteiger partial charge on any atom is 0.339 e. The number of rotatable bonds is 5. The lowest BCUT2D eigenvalue weighted by Crippen LogP contribution is -2.33. The van der Waals surface area contributed by atoms with E-state index in [1.54, 1.807) is 18.2 Å². The minimum absolute atomic E-state index is 0.0687. The number of hydrogen-bond acceptors (Lipinski definition) is 3. The number of nitrogens with one attached hydrogen (secondary N) is 1. The van der Waals surface area contributed by atoms with Crippen LogP contribution in [-0.2, 0) is 11.3 Å². The SMILES string of the molecule is COc1ccc(CNC(=O)[C@H]2CCC[C@@H](C)C2)cc1C(=O)O. The van der Waals surface area contributed by atoms with Crippen LogP contribution in [-0.4, -0.2) is 24.1 Å². The molecule has 2 atom stereocenters. The van der Waals surface area contributed by atoms with Crippen molar-refractivity contribution in [1.82, 2.24) is 5.32 Å². The van der Waals surface area contributed by atoms with Crippen LogP contribution in [0.1, 0.15) is 48.5 Å². The summed E-state index contributed by atoms with van der Waals surface area (Å²) in [7, 11) is 1.44. The van der Waals surface area contributed by atoms with E-state index in [9.17, 15) is 9.59 Å². The monoisotopic (exact) mass is 305 g/mol. The van der Waals surface area contributed by atoms with E-state index in [0.29, 0.717) is 18.2 Å². The maximum atomic E-state index is 12.2. The summed E-state index contributed by atoms with van der Waals surface area (Å²) in [5, 5.41) is 12.1. The summed E-state index contributed by atoms with van der Waals surface area (Å²) < 4.78 is 5.03. The zero-order valence-electron chi connectivity index (χ0n) is 13.1. The summed E-state index contributed by atoms with van der Waals surface area (Å²) in [6.45, 7) is 2.52. The van der Waals surface area contributed by atoms with Gasteiger partial charge in [0.15, 0.2) is 0 Å². The number of carbonyl (C=O) groups is 2. The summed E-state index contributed by atoms with van der Waals surface area (Å²) in [5.74, 6) is 0.0408. The number of carboxylic acids is 1. The van der Waals surface area contributed by atoms with Crippen molar-refractivity contribution < 1.29 is 19.4 Å². The molecule has 5 nitrogen and oxygen atoms in total. The molecule has 0 aliphatic heterocycles. The molecule has 5 heteroatoms. The fourth-order valence-corrected chi connectivity index (χ4v) is 3.04. The molecule has 0 heterocycles. The van der Waals surface area contributed by atoms with Crippen LogP contribution in [0.3, 0.4) is 0 Å². The van der Waals surface area contributed by atoms with E-state index in [4.69, 9.17) is 9.84 Å². The summed E-state index contributed by atoms with van der Waals surface area (Å²) in [6, 6.07) is 4.94. The molecule has 1 amide bonds. The molecule has 1 aromatic carbocycles. The molecule has 0 saturated heterocycles. The van der Waals surface area contributed by atoms with Crippen molar-refractivity contribution in [2.45, 2.75) is 39.2 Å². The van der Waals surface area contributed by atoms with Crippen molar-refractivity contribution in [3.05, 3.63) is 29.3 Å². The van der Waals surface area contributed by atoms with Gasteiger partial charge >= 0.3 is 5.97 Å². The molecular formula is C17H23NO4. The van der Waals surface area contributed by atoms with E-state index in [1.165, 1.54) is 13.5 Å². The van der Waals surface area contributed by atoms with Crippen molar-refractivity contribution in [3.63, 3.8) is 0 Å². The molecule has 120 valence electrons. The number of aromatic carboxylic acids is 1. The minimum atomic E-state index is -1.04. The zero-order valence-corrected chi connectivity index (χ0v) is 13.1. The van der Waals surface area contributed by atoms with Crippen molar-refractivity contribution in [1.29, 1.82) is 0 Å². The second-order valence-electron chi connectivity index (χ2n) is 6.03. The van der Waals surface area contributed by atoms with Gasteiger partial charge in [-0.2, -0.15) is 0 Å². The normalized spacial score (nSPS) is 21.2. The van der Waals surface area contributed by atoms with Gasteiger partial charge in [0.05, 0.1) is 7.11 Å². The first kappa shape index (κ1) is 16.3. The van der Waals surface area contributed by atoms with Gasteiger partial charge in [-0.05, 0) is 36.5 Å². The average molecular weight is 305 g/mol. The predicted octanol–water partition coefficient (Wildman–Crippen LogP) is 2.84. The largest absolute Gasteiger partial charge is 0.496 e. The molecule has 0 radical (unpaired) electrons. The van der Waals surface area contributed by atoms with Gasteiger partial charge in [0.1, 0.15) is 11.3 Å². The molecule has 2 N–H and O–H groups in total. The number of methoxy groups -OCH3 is 1. The highest BCUT2D eigenvalue weighted by molar-refractivity contribution is 5.91. The Morgan fingerprint density at radius 3 is 2.77 bits per heavy atom. The van der Waals surface area contributed by atoms with Crippen LogP contribution >= 0.6 is 0 Å². The summed E-state index contributed by atoms with van der Waals surface area (Å²) in [6.07, 6.45) is 4.18. The molecule has 22 heavy (non-hydrogen) atoms. The van der Waals surface area contributed by atoms with Crippen LogP contribution in [0, 0.1) is 11.8 Å². The third-order valence-electron chi connectivity index (χ3n) is 4.27. The molecule has 1 aliphatic rings. The second kappa shape index (κ2) is 7.29. The van der Waals surface area contributed by atoms with Gasteiger partial charge < -0.3 is 15.2 Å². The lowest BCUT2D eigenvalue weighted by molar-refractivity contribution is -0.126.